The Morgan fingerprint density at radius 1 is 0.283 bits per heavy atom. The number of rotatable bonds is 70. The molecule has 2 aromatic rings. The normalized spacial score (nSPS) is 11.9. The van der Waals surface area contributed by atoms with Crippen LogP contribution in [0.4, 0.5) is 0 Å². The molecule has 0 amide bonds. The number of hydrogen-bond donors (Lipinski definition) is 0. The molecule has 2 nitrogen and oxygen atoms in total. The third kappa shape index (κ3) is 49.6. The van der Waals surface area contributed by atoms with Gasteiger partial charge in [-0.3, -0.25) is 0 Å². The van der Waals surface area contributed by atoms with Crippen LogP contribution in [0.5, 0.6) is 0 Å². The zero-order valence-corrected chi connectivity index (χ0v) is 63.2. The first kappa shape index (κ1) is 85.2. The first-order valence-corrected chi connectivity index (χ1v) is 42.2. The zero-order valence-electron chi connectivity index (χ0n) is 63.2. The molecule has 0 aliphatic heterocycles. The summed E-state index contributed by atoms with van der Waals surface area (Å²) < 4.78 is 0. The van der Waals surface area contributed by atoms with Gasteiger partial charge in [0.15, 0.2) is 0 Å². The molecule has 0 aliphatic carbocycles. The van der Waals surface area contributed by atoms with Gasteiger partial charge in [-0.15, -0.1) is 4.79 Å². The summed E-state index contributed by atoms with van der Waals surface area (Å²) >= 11 is 0. The first-order valence-electron chi connectivity index (χ1n) is 42.2. The van der Waals surface area contributed by atoms with Crippen molar-refractivity contribution in [1.29, 1.82) is 0 Å². The molecular formula is C90H158N2. The van der Waals surface area contributed by atoms with Gasteiger partial charge in [-0.2, -0.15) is 0 Å². The summed E-state index contributed by atoms with van der Waals surface area (Å²) in [5.74, 6) is 3.16. The van der Waals surface area contributed by atoms with Crippen molar-refractivity contribution in [2.45, 2.75) is 465 Å². The number of unbranched alkanes of at least 4 members (excludes halogenated alkanes) is 56. The summed E-state index contributed by atoms with van der Waals surface area (Å²) in [7, 11) is 0. The second-order valence-electron chi connectivity index (χ2n) is 29.5. The number of nitrogens with zero attached hydrogens (tertiary/aromatic N) is 2. The van der Waals surface area contributed by atoms with E-state index in [0.717, 1.165) is 44.1 Å². The Kier molecular flexibility index (Phi) is 61.7. The van der Waals surface area contributed by atoms with Crippen molar-refractivity contribution < 1.29 is 4.79 Å². The number of allylic oxidation sites excluding steroid dienone is 4. The average molecular weight is 1270 g/mol. The van der Waals surface area contributed by atoms with Gasteiger partial charge in [-0.1, -0.05) is 443 Å². The van der Waals surface area contributed by atoms with Gasteiger partial charge in [0.1, 0.15) is 0 Å². The van der Waals surface area contributed by atoms with E-state index in [0.29, 0.717) is 0 Å². The van der Waals surface area contributed by atoms with Crippen molar-refractivity contribution in [3.05, 3.63) is 98.6 Å². The van der Waals surface area contributed by atoms with Crippen molar-refractivity contribution in [2.24, 2.45) is 0 Å². The largest absolute Gasteiger partial charge is 0.348 e. The van der Waals surface area contributed by atoms with E-state index in [-0.39, 0.29) is 0 Å². The Balaban J connectivity index is 2.21. The molecule has 2 aromatic carbocycles. The van der Waals surface area contributed by atoms with Gasteiger partial charge >= 0.3 is 5.87 Å². The molecule has 0 N–H and O–H groups in total. The number of benzene rings is 2. The van der Waals surface area contributed by atoms with E-state index >= 15 is 0 Å². The van der Waals surface area contributed by atoms with E-state index in [2.05, 4.69) is 101 Å². The van der Waals surface area contributed by atoms with Gasteiger partial charge in [-0.05, 0) is 110 Å². The third-order valence-corrected chi connectivity index (χ3v) is 20.6. The minimum atomic E-state index is 0.760. The third-order valence-electron chi connectivity index (χ3n) is 20.6. The van der Waals surface area contributed by atoms with Crippen molar-refractivity contribution >= 4 is 11.4 Å². The van der Waals surface area contributed by atoms with Gasteiger partial charge in [-0.25, -0.2) is 0 Å². The Morgan fingerprint density at radius 3 is 0.728 bits per heavy atom. The molecule has 0 atom stereocenters. The molecule has 0 saturated carbocycles. The molecule has 0 aliphatic rings. The number of aryl methyl sites for hydroxylation is 4. The monoisotopic (exact) mass is 1270 g/mol. The van der Waals surface area contributed by atoms with Crippen LogP contribution in [0.3, 0.4) is 0 Å². The highest BCUT2D eigenvalue weighted by Crippen LogP contribution is 2.36. The molecular weight excluding hydrogens is 1110 g/mol. The molecule has 0 bridgehead atoms. The van der Waals surface area contributed by atoms with Crippen molar-refractivity contribution in [3.8, 4) is 0 Å². The lowest BCUT2D eigenvalue weighted by atomic mass is 9.84. The Hall–Kier alpha value is -2.92. The molecule has 0 fully saturated rings. The lowest BCUT2D eigenvalue weighted by Crippen LogP contribution is -2.03. The highest BCUT2D eigenvalue weighted by atomic mass is 14.8. The first-order chi connectivity index (χ1) is 45.5. The Morgan fingerprint density at radius 2 is 0.500 bits per heavy atom. The lowest BCUT2D eigenvalue weighted by molar-refractivity contribution is 0.00745. The predicted molar refractivity (Wildman–Crippen MR) is 415 cm³/mol. The van der Waals surface area contributed by atoms with Crippen LogP contribution in [0, 0.1) is 0 Å². The Labute approximate surface area is 576 Å². The Bertz CT molecular complexity index is 1980. The molecule has 0 saturated heterocycles. The second kappa shape index (κ2) is 66.7. The molecule has 2 heteroatoms. The fraction of sp³-hybridized carbons (Fsp3) is 0.800. The minimum Gasteiger partial charge on any atom is -0.348 e. The molecule has 0 radical (unpaired) electrons. The van der Waals surface area contributed by atoms with E-state index in [1.54, 1.807) is 0 Å². The summed E-state index contributed by atoms with van der Waals surface area (Å²) in [5.41, 5.74) is 22.4. The van der Waals surface area contributed by atoms with Crippen LogP contribution < -0.4 is 0 Å². The zero-order chi connectivity index (χ0) is 65.9. The molecule has 0 aromatic heterocycles. The van der Waals surface area contributed by atoms with Crippen molar-refractivity contribution in [2.75, 3.05) is 0 Å². The summed E-state index contributed by atoms with van der Waals surface area (Å²) in [6.45, 7) is 13.8. The summed E-state index contributed by atoms with van der Waals surface area (Å²) in [6, 6.07) is 15.4. The van der Waals surface area contributed by atoms with Gasteiger partial charge in [0.25, 0.3) is 0 Å². The topological polar surface area (TPSA) is 36.4 Å². The van der Waals surface area contributed by atoms with Crippen LogP contribution in [0.1, 0.15) is 473 Å². The fourth-order valence-electron chi connectivity index (χ4n) is 14.5. The summed E-state index contributed by atoms with van der Waals surface area (Å²) in [6.07, 6.45) is 95.1. The van der Waals surface area contributed by atoms with Crippen LogP contribution in [0.25, 0.3) is 11.1 Å². The van der Waals surface area contributed by atoms with Crippen LogP contribution in [-0.2, 0) is 25.7 Å². The molecule has 92 heavy (non-hydrogen) atoms. The average Bonchev–Trinajstić information content (AvgIpc) is 0.964. The van der Waals surface area contributed by atoms with Crippen molar-refractivity contribution in [1.82, 2.24) is 0 Å². The quantitative estimate of drug-likeness (QED) is 0.0208. The maximum atomic E-state index is 10.3. The smallest absolute Gasteiger partial charge is 0.303 e. The summed E-state index contributed by atoms with van der Waals surface area (Å²) in [5, 5.41) is 0. The number of hydrogen-bond acceptors (Lipinski definition) is 0. The van der Waals surface area contributed by atoms with E-state index < -0.39 is 0 Å². The highest BCUT2D eigenvalue weighted by molar-refractivity contribution is 5.89. The van der Waals surface area contributed by atoms with E-state index in [1.165, 1.54) is 430 Å². The standard InChI is InChI=1S/C90H158N2/c1-7-13-18-21-24-27-30-33-36-39-41-43-45-47-49-52-55-58-61-64-67-72-84-76-85(73-68-65-62-59-56-53-50-48-46-44-42-40-37-34-31-28-25-22-19-14-8-2)80-88(79-84)90(87-77-82(70-16-10-4)75-83(78-87)71-17-11-5)89(86(12-6)81-92-91)74-69-66-63-60-57-54-51-38-35-32-29-26-23-20-15-9-3/h69,74-80H,7-68,70-73H2,1-6H3. The van der Waals surface area contributed by atoms with E-state index in [4.69, 9.17) is 0 Å². The predicted octanol–water partition coefficient (Wildman–Crippen LogP) is 31.3. The fourth-order valence-corrected chi connectivity index (χ4v) is 14.5. The van der Waals surface area contributed by atoms with Crippen molar-refractivity contribution in [3.63, 3.8) is 0 Å². The summed E-state index contributed by atoms with van der Waals surface area (Å²) in [4.78, 5) is 3.65. The molecule has 0 unspecified atom stereocenters. The van der Waals surface area contributed by atoms with Gasteiger partial charge in [0.05, 0.1) is 5.57 Å². The van der Waals surface area contributed by atoms with Crippen LogP contribution in [0.15, 0.2) is 59.7 Å². The van der Waals surface area contributed by atoms with Gasteiger partial charge in [0.2, 0.25) is 0 Å². The van der Waals surface area contributed by atoms with Crippen LogP contribution in [0.2, 0.25) is 0 Å². The highest BCUT2D eigenvalue weighted by Gasteiger charge is 2.19. The van der Waals surface area contributed by atoms with Gasteiger partial charge in [0, 0.05) is 5.57 Å². The molecule has 0 spiro atoms. The minimum absolute atomic E-state index is 0.760. The molecule has 0 heterocycles. The SMILES string of the molecule is CCCCCCCCCCCCCCCCC=CC(C(=C=[N+]=[N-])CC)=C(c1cc(CCCC)cc(CCCC)c1)c1cc(CCCCCCCCCCCCCCCCCCCCCCC)cc(CCCCCCCCCCCCCCCCCCCCCCC)c1. The lowest BCUT2D eigenvalue weighted by Gasteiger charge is -2.19. The van der Waals surface area contributed by atoms with Crippen LogP contribution in [-0.4, -0.2) is 10.7 Å². The van der Waals surface area contributed by atoms with E-state index in [1.807, 2.05) is 0 Å². The maximum Gasteiger partial charge on any atom is 0.303 e. The van der Waals surface area contributed by atoms with E-state index in [9.17, 15) is 5.53 Å². The molecule has 528 valence electrons. The van der Waals surface area contributed by atoms with Gasteiger partial charge < -0.3 is 5.53 Å². The second-order valence-corrected chi connectivity index (χ2v) is 29.5. The van der Waals surface area contributed by atoms with Crippen LogP contribution >= 0.6 is 0 Å². The maximum absolute atomic E-state index is 10.3. The molecule has 2 rings (SSSR count).